The van der Waals surface area contributed by atoms with E-state index in [0.717, 1.165) is 5.39 Å². The molecule has 128 valence electrons. The molecule has 2 aliphatic heterocycles. The molecule has 0 aliphatic carbocycles. The summed E-state index contributed by atoms with van der Waals surface area (Å²) >= 11 is 0. The van der Waals surface area contributed by atoms with E-state index in [-0.39, 0.29) is 30.7 Å². The molecule has 6 nitrogen and oxygen atoms in total. The number of nitrogens with zero attached hydrogens (tertiary/aromatic N) is 3. The molecule has 25 heavy (non-hydrogen) atoms. The molecule has 1 aromatic carbocycles. The number of hydrogen-bond donors (Lipinski definition) is 1. The molecule has 4 heterocycles. The molecule has 2 aromatic heterocycles. The number of aromatic nitrogens is 3. The molecule has 0 saturated carbocycles. The van der Waals surface area contributed by atoms with Gasteiger partial charge in [0.25, 0.3) is 0 Å². The number of para-hydroxylation sites is 1. The smallest absolute Gasteiger partial charge is 0.159 e. The first-order valence-corrected chi connectivity index (χ1v) is 8.22. The van der Waals surface area contributed by atoms with Gasteiger partial charge in [-0.1, -0.05) is 18.2 Å². The minimum Gasteiger partial charge on any atom is -0.388 e. The van der Waals surface area contributed by atoms with E-state index in [4.69, 9.17) is 9.47 Å². The van der Waals surface area contributed by atoms with E-state index in [9.17, 15) is 9.50 Å². The van der Waals surface area contributed by atoms with Crippen LogP contribution in [0.25, 0.3) is 22.4 Å². The van der Waals surface area contributed by atoms with Crippen LogP contribution in [0, 0.1) is 5.82 Å². The molecule has 0 bridgehead atoms. The van der Waals surface area contributed by atoms with Crippen molar-refractivity contribution >= 4 is 10.9 Å². The predicted molar refractivity (Wildman–Crippen MR) is 87.4 cm³/mol. The highest BCUT2D eigenvalue weighted by molar-refractivity contribution is 5.81. The highest BCUT2D eigenvalue weighted by Crippen LogP contribution is 2.36. The van der Waals surface area contributed by atoms with Gasteiger partial charge >= 0.3 is 0 Å². The van der Waals surface area contributed by atoms with Crippen molar-refractivity contribution in [1.82, 2.24) is 14.5 Å². The highest BCUT2D eigenvalue weighted by atomic mass is 19.1. The van der Waals surface area contributed by atoms with E-state index < -0.39 is 6.10 Å². The van der Waals surface area contributed by atoms with Gasteiger partial charge in [0.15, 0.2) is 5.82 Å². The van der Waals surface area contributed by atoms with E-state index >= 15 is 0 Å². The molecule has 4 atom stereocenters. The van der Waals surface area contributed by atoms with Gasteiger partial charge in [0, 0.05) is 17.8 Å². The monoisotopic (exact) mass is 341 g/mol. The first kappa shape index (κ1) is 14.9. The SMILES string of the molecule is O[C@@H]1CO[C@H]2[C@@H]1OC[C@H]2n1ccnc1-c1ccc2cccc(F)c2n1. The summed E-state index contributed by atoms with van der Waals surface area (Å²) in [5.41, 5.74) is 0.909. The molecule has 2 fully saturated rings. The zero-order valence-electron chi connectivity index (χ0n) is 13.2. The molecule has 0 spiro atoms. The predicted octanol–water partition coefficient (Wildman–Crippen LogP) is 1.94. The average Bonchev–Trinajstić information content (AvgIpc) is 3.33. The molecule has 2 saturated heterocycles. The fourth-order valence-corrected chi connectivity index (χ4v) is 3.71. The maximum Gasteiger partial charge on any atom is 0.159 e. The molecule has 7 heteroatoms. The summed E-state index contributed by atoms with van der Waals surface area (Å²) in [6.07, 6.45) is 2.38. The number of aliphatic hydroxyl groups is 1. The lowest BCUT2D eigenvalue weighted by Crippen LogP contribution is -2.30. The first-order valence-electron chi connectivity index (χ1n) is 8.22. The van der Waals surface area contributed by atoms with Crippen LogP contribution in [0.1, 0.15) is 6.04 Å². The number of halogens is 1. The molecular weight excluding hydrogens is 325 g/mol. The van der Waals surface area contributed by atoms with Crippen molar-refractivity contribution in [3.05, 3.63) is 48.5 Å². The summed E-state index contributed by atoms with van der Waals surface area (Å²) in [4.78, 5) is 8.87. The van der Waals surface area contributed by atoms with Gasteiger partial charge in [-0.3, -0.25) is 0 Å². The van der Waals surface area contributed by atoms with Crippen molar-refractivity contribution in [1.29, 1.82) is 0 Å². The Morgan fingerprint density at radius 1 is 1.12 bits per heavy atom. The second-order valence-corrected chi connectivity index (χ2v) is 6.40. The third kappa shape index (κ3) is 2.27. The maximum absolute atomic E-state index is 14.1. The number of benzene rings is 1. The zero-order valence-corrected chi connectivity index (χ0v) is 13.2. The summed E-state index contributed by atoms with van der Waals surface area (Å²) in [7, 11) is 0. The van der Waals surface area contributed by atoms with Crippen molar-refractivity contribution in [3.8, 4) is 11.5 Å². The summed E-state index contributed by atoms with van der Waals surface area (Å²) in [5, 5.41) is 10.7. The zero-order chi connectivity index (χ0) is 17.0. The second kappa shape index (κ2) is 5.59. The van der Waals surface area contributed by atoms with Gasteiger partial charge in [0.05, 0.1) is 19.3 Å². The minimum atomic E-state index is -0.602. The van der Waals surface area contributed by atoms with Gasteiger partial charge in [-0.15, -0.1) is 0 Å². The topological polar surface area (TPSA) is 69.4 Å². The van der Waals surface area contributed by atoms with Gasteiger partial charge in [0.2, 0.25) is 0 Å². The largest absolute Gasteiger partial charge is 0.388 e. The van der Waals surface area contributed by atoms with Crippen molar-refractivity contribution in [2.24, 2.45) is 0 Å². The van der Waals surface area contributed by atoms with Crippen LogP contribution in [-0.2, 0) is 9.47 Å². The van der Waals surface area contributed by atoms with Gasteiger partial charge in [0.1, 0.15) is 35.3 Å². The fourth-order valence-electron chi connectivity index (χ4n) is 3.71. The molecule has 1 N–H and O–H groups in total. The Balaban J connectivity index is 1.57. The van der Waals surface area contributed by atoms with E-state index in [1.54, 1.807) is 12.3 Å². The van der Waals surface area contributed by atoms with E-state index in [1.165, 1.54) is 6.07 Å². The number of pyridine rings is 1. The number of aliphatic hydroxyl groups excluding tert-OH is 1. The Morgan fingerprint density at radius 3 is 2.92 bits per heavy atom. The molecule has 5 rings (SSSR count). The number of rotatable bonds is 2. The van der Waals surface area contributed by atoms with E-state index in [1.807, 2.05) is 29.0 Å². The lowest BCUT2D eigenvalue weighted by Gasteiger charge is -2.19. The standard InChI is InChI=1S/C18H16FN3O3/c19-11-3-1-2-10-4-5-12(21-15(10)11)18-20-6-7-22(18)13-8-24-17-14(23)9-25-16(13)17/h1-7,13-14,16-17,23H,8-9H2/t13-,14-,16-,17-/m1/s1. The fraction of sp³-hybridized carbons (Fsp3) is 0.333. The van der Waals surface area contributed by atoms with Gasteiger partial charge in [-0.05, 0) is 12.1 Å². The summed E-state index contributed by atoms with van der Waals surface area (Å²) < 4.78 is 27.4. The quantitative estimate of drug-likeness (QED) is 0.771. The van der Waals surface area contributed by atoms with Crippen molar-refractivity contribution < 1.29 is 19.0 Å². The van der Waals surface area contributed by atoms with Crippen LogP contribution >= 0.6 is 0 Å². The summed E-state index contributed by atoms with van der Waals surface area (Å²) in [5.74, 6) is 0.272. The third-order valence-corrected chi connectivity index (χ3v) is 4.93. The minimum absolute atomic E-state index is 0.0993. The number of imidazole rings is 1. The summed E-state index contributed by atoms with van der Waals surface area (Å²) in [6.45, 7) is 0.701. The average molecular weight is 341 g/mol. The van der Waals surface area contributed by atoms with Crippen LogP contribution < -0.4 is 0 Å². The van der Waals surface area contributed by atoms with E-state index in [2.05, 4.69) is 9.97 Å². The van der Waals surface area contributed by atoms with E-state index in [0.29, 0.717) is 23.6 Å². The van der Waals surface area contributed by atoms with Gasteiger partial charge < -0.3 is 19.1 Å². The Bertz CT molecular complexity index is 944. The molecule has 0 radical (unpaired) electrons. The Hall–Kier alpha value is -2.35. The normalized spacial score (nSPS) is 28.6. The third-order valence-electron chi connectivity index (χ3n) is 4.93. The Labute approximate surface area is 142 Å². The van der Waals surface area contributed by atoms with Gasteiger partial charge in [-0.25, -0.2) is 14.4 Å². The van der Waals surface area contributed by atoms with Crippen LogP contribution in [0.2, 0.25) is 0 Å². The summed E-state index contributed by atoms with van der Waals surface area (Å²) in [6, 6.07) is 8.46. The number of hydrogen-bond acceptors (Lipinski definition) is 5. The first-order chi connectivity index (χ1) is 12.2. The highest BCUT2D eigenvalue weighted by Gasteiger charge is 2.48. The van der Waals surface area contributed by atoms with Crippen LogP contribution in [0.3, 0.4) is 0 Å². The molecular formula is C18H16FN3O3. The molecule has 0 unspecified atom stereocenters. The molecule has 3 aromatic rings. The Morgan fingerprint density at radius 2 is 2.00 bits per heavy atom. The lowest BCUT2D eigenvalue weighted by atomic mass is 10.1. The van der Waals surface area contributed by atoms with Crippen LogP contribution in [-0.4, -0.2) is 51.2 Å². The van der Waals surface area contributed by atoms with Gasteiger partial charge in [-0.2, -0.15) is 0 Å². The Kier molecular flexibility index (Phi) is 3.34. The van der Waals surface area contributed by atoms with Crippen LogP contribution in [0.15, 0.2) is 42.7 Å². The maximum atomic E-state index is 14.1. The van der Waals surface area contributed by atoms with Crippen molar-refractivity contribution in [2.45, 2.75) is 24.4 Å². The second-order valence-electron chi connectivity index (χ2n) is 6.40. The lowest BCUT2D eigenvalue weighted by molar-refractivity contribution is 0.0172. The molecule has 2 aliphatic rings. The van der Waals surface area contributed by atoms with Crippen molar-refractivity contribution in [2.75, 3.05) is 13.2 Å². The molecule has 0 amide bonds. The van der Waals surface area contributed by atoms with Crippen molar-refractivity contribution in [3.63, 3.8) is 0 Å². The number of ether oxygens (including phenoxy) is 2. The van der Waals surface area contributed by atoms with Crippen LogP contribution in [0.5, 0.6) is 0 Å². The van der Waals surface area contributed by atoms with Crippen LogP contribution in [0.4, 0.5) is 4.39 Å². The number of fused-ring (bicyclic) bond motifs is 2.